The molecule has 0 saturated carbocycles. The topological polar surface area (TPSA) is 29.5 Å². The molecule has 0 fully saturated rings. The lowest BCUT2D eigenvalue weighted by atomic mass is 10.2. The van der Waals surface area contributed by atoms with Crippen molar-refractivity contribution >= 4 is 0 Å². The normalized spacial score (nSPS) is 12.5. The van der Waals surface area contributed by atoms with E-state index >= 15 is 0 Å². The van der Waals surface area contributed by atoms with Gasteiger partial charge in [0.05, 0.1) is 12.7 Å². The fraction of sp³-hybridized carbons (Fsp3) is 0.500. The highest BCUT2D eigenvalue weighted by molar-refractivity contribution is 5.28. The van der Waals surface area contributed by atoms with Crippen molar-refractivity contribution in [3.8, 4) is 5.75 Å². The van der Waals surface area contributed by atoms with Gasteiger partial charge in [0.2, 0.25) is 0 Å². The maximum atomic E-state index is 8.94. The van der Waals surface area contributed by atoms with E-state index in [-0.39, 0.29) is 12.7 Å². The molecule has 0 heterocycles. The zero-order valence-electron chi connectivity index (χ0n) is 8.86. The van der Waals surface area contributed by atoms with E-state index < -0.39 is 0 Å². The molecule has 0 bridgehead atoms. The van der Waals surface area contributed by atoms with Crippen LogP contribution in [-0.2, 0) is 6.61 Å². The second kappa shape index (κ2) is 5.66. The molecule has 0 radical (unpaired) electrons. The van der Waals surface area contributed by atoms with Gasteiger partial charge in [0, 0.05) is 0 Å². The molecule has 0 aromatic heterocycles. The van der Waals surface area contributed by atoms with Gasteiger partial charge in [-0.05, 0) is 31.0 Å². The molecular formula is C12H18O2. The largest absolute Gasteiger partial charge is 0.491 e. The Morgan fingerprint density at radius 1 is 1.43 bits per heavy atom. The summed E-state index contributed by atoms with van der Waals surface area (Å²) in [4.78, 5) is 0. The van der Waals surface area contributed by atoms with Gasteiger partial charge in [0.15, 0.2) is 0 Å². The second-order valence-corrected chi connectivity index (χ2v) is 3.52. The van der Waals surface area contributed by atoms with Crippen LogP contribution >= 0.6 is 0 Å². The van der Waals surface area contributed by atoms with Crippen LogP contribution in [0.2, 0.25) is 0 Å². The summed E-state index contributed by atoms with van der Waals surface area (Å²) in [6.45, 7) is 4.28. The molecule has 0 aliphatic carbocycles. The van der Waals surface area contributed by atoms with Crippen LogP contribution in [0.4, 0.5) is 0 Å². The summed E-state index contributed by atoms with van der Waals surface area (Å²) >= 11 is 0. The van der Waals surface area contributed by atoms with Gasteiger partial charge in [0.1, 0.15) is 5.75 Å². The van der Waals surface area contributed by atoms with Crippen LogP contribution in [-0.4, -0.2) is 11.2 Å². The Hall–Kier alpha value is -1.02. The lowest BCUT2D eigenvalue weighted by molar-refractivity contribution is 0.209. The molecule has 0 aliphatic rings. The van der Waals surface area contributed by atoms with Crippen LogP contribution in [0.3, 0.4) is 0 Å². The van der Waals surface area contributed by atoms with Crippen LogP contribution in [0.15, 0.2) is 24.3 Å². The predicted molar refractivity (Wildman–Crippen MR) is 57.4 cm³/mol. The molecule has 1 rings (SSSR count). The minimum atomic E-state index is 0.0688. The molecule has 0 saturated heterocycles. The maximum Gasteiger partial charge on any atom is 0.120 e. The molecule has 14 heavy (non-hydrogen) atoms. The van der Waals surface area contributed by atoms with Crippen LogP contribution in [0.5, 0.6) is 5.75 Å². The Morgan fingerprint density at radius 3 is 2.86 bits per heavy atom. The average Bonchev–Trinajstić information content (AvgIpc) is 2.18. The van der Waals surface area contributed by atoms with E-state index in [1.807, 2.05) is 24.3 Å². The molecule has 1 unspecified atom stereocenters. The summed E-state index contributed by atoms with van der Waals surface area (Å²) in [5, 5.41) is 8.94. The van der Waals surface area contributed by atoms with E-state index in [0.29, 0.717) is 0 Å². The van der Waals surface area contributed by atoms with Crippen molar-refractivity contribution in [2.75, 3.05) is 0 Å². The van der Waals surface area contributed by atoms with E-state index in [0.717, 1.165) is 24.2 Å². The van der Waals surface area contributed by atoms with Gasteiger partial charge >= 0.3 is 0 Å². The number of hydrogen-bond donors (Lipinski definition) is 1. The molecular weight excluding hydrogens is 176 g/mol. The summed E-state index contributed by atoms with van der Waals surface area (Å²) < 4.78 is 5.69. The van der Waals surface area contributed by atoms with Crippen molar-refractivity contribution in [2.45, 2.75) is 39.4 Å². The minimum absolute atomic E-state index is 0.0688. The Morgan fingerprint density at radius 2 is 2.21 bits per heavy atom. The van der Waals surface area contributed by atoms with Gasteiger partial charge in [-0.3, -0.25) is 0 Å². The molecule has 1 aromatic carbocycles. The van der Waals surface area contributed by atoms with E-state index in [9.17, 15) is 0 Å². The van der Waals surface area contributed by atoms with E-state index in [1.54, 1.807) is 0 Å². The van der Waals surface area contributed by atoms with Gasteiger partial charge in [-0.25, -0.2) is 0 Å². The van der Waals surface area contributed by atoms with Crippen molar-refractivity contribution < 1.29 is 9.84 Å². The number of benzene rings is 1. The van der Waals surface area contributed by atoms with Crippen LogP contribution in [0.25, 0.3) is 0 Å². The molecule has 1 aromatic rings. The highest BCUT2D eigenvalue weighted by Crippen LogP contribution is 2.16. The Balaban J connectivity index is 2.57. The van der Waals surface area contributed by atoms with Gasteiger partial charge in [0.25, 0.3) is 0 Å². The zero-order valence-corrected chi connectivity index (χ0v) is 8.86. The Bertz CT molecular complexity index is 271. The lowest BCUT2D eigenvalue weighted by Gasteiger charge is -2.14. The fourth-order valence-electron chi connectivity index (χ4n) is 1.41. The molecule has 78 valence electrons. The smallest absolute Gasteiger partial charge is 0.120 e. The molecule has 2 nitrogen and oxygen atoms in total. The molecule has 0 aliphatic heterocycles. The summed E-state index contributed by atoms with van der Waals surface area (Å²) in [7, 11) is 0. The Labute approximate surface area is 85.5 Å². The highest BCUT2D eigenvalue weighted by atomic mass is 16.5. The predicted octanol–water partition coefficient (Wildman–Crippen LogP) is 2.75. The fourth-order valence-corrected chi connectivity index (χ4v) is 1.41. The minimum Gasteiger partial charge on any atom is -0.491 e. The van der Waals surface area contributed by atoms with E-state index in [4.69, 9.17) is 9.84 Å². The van der Waals surface area contributed by atoms with Crippen molar-refractivity contribution in [2.24, 2.45) is 0 Å². The lowest BCUT2D eigenvalue weighted by Crippen LogP contribution is -2.10. The van der Waals surface area contributed by atoms with E-state index in [1.165, 1.54) is 0 Å². The van der Waals surface area contributed by atoms with Crippen LogP contribution < -0.4 is 4.74 Å². The quantitative estimate of drug-likeness (QED) is 0.781. The monoisotopic (exact) mass is 194 g/mol. The molecule has 2 heteroatoms. The summed E-state index contributed by atoms with van der Waals surface area (Å²) in [6, 6.07) is 7.59. The first-order valence-electron chi connectivity index (χ1n) is 5.12. The van der Waals surface area contributed by atoms with Crippen LogP contribution in [0, 0.1) is 0 Å². The highest BCUT2D eigenvalue weighted by Gasteiger charge is 2.02. The van der Waals surface area contributed by atoms with Crippen molar-refractivity contribution in [1.82, 2.24) is 0 Å². The standard InChI is InChI=1S/C12H18O2/c1-3-5-10(2)14-12-7-4-6-11(8-12)9-13/h4,6-8,10,13H,3,5,9H2,1-2H3. The van der Waals surface area contributed by atoms with Gasteiger partial charge in [-0.1, -0.05) is 25.5 Å². The molecule has 0 spiro atoms. The summed E-state index contributed by atoms with van der Waals surface area (Å²) in [5.41, 5.74) is 0.895. The maximum absolute atomic E-state index is 8.94. The van der Waals surface area contributed by atoms with Crippen molar-refractivity contribution in [3.63, 3.8) is 0 Å². The zero-order chi connectivity index (χ0) is 10.4. The summed E-state index contributed by atoms with van der Waals surface area (Å²) in [6.07, 6.45) is 2.43. The third kappa shape index (κ3) is 3.38. The molecule has 0 amide bonds. The van der Waals surface area contributed by atoms with Gasteiger partial charge in [-0.2, -0.15) is 0 Å². The first-order valence-corrected chi connectivity index (χ1v) is 5.12. The number of ether oxygens (including phenoxy) is 1. The van der Waals surface area contributed by atoms with Crippen molar-refractivity contribution in [1.29, 1.82) is 0 Å². The van der Waals surface area contributed by atoms with E-state index in [2.05, 4.69) is 13.8 Å². The first kappa shape index (κ1) is 11.1. The molecule has 1 atom stereocenters. The third-order valence-electron chi connectivity index (χ3n) is 2.11. The number of hydrogen-bond acceptors (Lipinski definition) is 2. The third-order valence-corrected chi connectivity index (χ3v) is 2.11. The number of rotatable bonds is 5. The SMILES string of the molecule is CCCC(C)Oc1cccc(CO)c1. The van der Waals surface area contributed by atoms with Crippen molar-refractivity contribution in [3.05, 3.63) is 29.8 Å². The number of aliphatic hydroxyl groups is 1. The van der Waals surface area contributed by atoms with Gasteiger partial charge < -0.3 is 9.84 Å². The Kier molecular flexibility index (Phi) is 4.47. The second-order valence-electron chi connectivity index (χ2n) is 3.52. The average molecular weight is 194 g/mol. The van der Waals surface area contributed by atoms with Crippen LogP contribution in [0.1, 0.15) is 32.3 Å². The summed E-state index contributed by atoms with van der Waals surface area (Å²) in [5.74, 6) is 0.845. The molecule has 1 N–H and O–H groups in total. The first-order chi connectivity index (χ1) is 6.76. The number of aliphatic hydroxyl groups excluding tert-OH is 1. The van der Waals surface area contributed by atoms with Gasteiger partial charge in [-0.15, -0.1) is 0 Å².